The van der Waals surface area contributed by atoms with Gasteiger partial charge in [-0.15, -0.1) is 0 Å². The van der Waals surface area contributed by atoms with Crippen molar-refractivity contribution in [1.82, 2.24) is 4.90 Å². The molecule has 1 N–H and O–H groups in total. The van der Waals surface area contributed by atoms with Crippen LogP contribution in [0.15, 0.2) is 16.8 Å². The van der Waals surface area contributed by atoms with Gasteiger partial charge in [-0.25, -0.2) is 0 Å². The van der Waals surface area contributed by atoms with Crippen LogP contribution >= 0.6 is 11.3 Å². The van der Waals surface area contributed by atoms with Crippen LogP contribution in [0, 0.1) is 0 Å². The molecule has 0 saturated carbocycles. The molecule has 0 radical (unpaired) electrons. The van der Waals surface area contributed by atoms with Crippen LogP contribution in [-0.4, -0.2) is 46.4 Å². The number of likely N-dealkylation sites (tertiary alicyclic amines) is 1. The van der Waals surface area contributed by atoms with E-state index in [1.165, 1.54) is 0 Å². The zero-order chi connectivity index (χ0) is 15.0. The van der Waals surface area contributed by atoms with E-state index in [1.807, 2.05) is 16.8 Å². The van der Waals surface area contributed by atoms with Gasteiger partial charge >= 0.3 is 5.97 Å². The Morgan fingerprint density at radius 1 is 1.33 bits per heavy atom. The van der Waals surface area contributed by atoms with Crippen LogP contribution in [-0.2, 0) is 14.4 Å². The van der Waals surface area contributed by atoms with E-state index in [0.29, 0.717) is 13.0 Å². The summed E-state index contributed by atoms with van der Waals surface area (Å²) in [6.07, 6.45) is 0.935. The molecular weight excluding hydrogens is 292 g/mol. The molecule has 0 bridgehead atoms. The number of hydrogen-bond acceptors (Lipinski definition) is 4. The van der Waals surface area contributed by atoms with E-state index in [0.717, 1.165) is 12.1 Å². The molecule has 0 unspecified atom stereocenters. The summed E-state index contributed by atoms with van der Waals surface area (Å²) in [5.41, 5.74) is 0.900. The average molecular weight is 308 g/mol. The first-order chi connectivity index (χ1) is 10.1. The van der Waals surface area contributed by atoms with Gasteiger partial charge in [0, 0.05) is 24.8 Å². The van der Waals surface area contributed by atoms with Crippen LogP contribution in [0.4, 0.5) is 5.69 Å². The van der Waals surface area contributed by atoms with Crippen molar-refractivity contribution in [2.24, 2.45) is 0 Å². The molecule has 0 spiro atoms. The SMILES string of the molecule is O=C(O)CCC(=O)N1CC[C@H]2[C@H]1CC(=O)N2c1ccsc1. The maximum atomic E-state index is 12.2. The number of carbonyl (C=O) groups excluding carboxylic acids is 2. The first-order valence-electron chi connectivity index (χ1n) is 6.93. The molecular formula is C14H16N2O4S. The minimum Gasteiger partial charge on any atom is -0.481 e. The molecule has 1 aromatic rings. The third kappa shape index (κ3) is 2.53. The van der Waals surface area contributed by atoms with Gasteiger partial charge in [-0.1, -0.05) is 0 Å². The van der Waals surface area contributed by atoms with Crippen molar-refractivity contribution >= 4 is 34.8 Å². The Labute approximate surface area is 126 Å². The molecule has 2 aliphatic rings. The second-order valence-corrected chi connectivity index (χ2v) is 6.13. The molecule has 21 heavy (non-hydrogen) atoms. The maximum absolute atomic E-state index is 12.2. The van der Waals surface area contributed by atoms with E-state index in [1.54, 1.807) is 21.1 Å². The van der Waals surface area contributed by atoms with E-state index in [9.17, 15) is 14.4 Å². The van der Waals surface area contributed by atoms with Crippen molar-refractivity contribution in [2.45, 2.75) is 37.8 Å². The Balaban J connectivity index is 1.72. The number of carboxylic acids is 1. The summed E-state index contributed by atoms with van der Waals surface area (Å²) >= 11 is 1.54. The second-order valence-electron chi connectivity index (χ2n) is 5.35. The highest BCUT2D eigenvalue weighted by molar-refractivity contribution is 7.08. The molecule has 3 heterocycles. The number of thiophene rings is 1. The van der Waals surface area contributed by atoms with Gasteiger partial charge < -0.3 is 14.9 Å². The molecule has 1 aromatic heterocycles. The molecule has 0 aromatic carbocycles. The van der Waals surface area contributed by atoms with Gasteiger partial charge in [0.15, 0.2) is 0 Å². The Morgan fingerprint density at radius 3 is 2.81 bits per heavy atom. The van der Waals surface area contributed by atoms with Crippen LogP contribution in [0.3, 0.4) is 0 Å². The van der Waals surface area contributed by atoms with Crippen LogP contribution in [0.25, 0.3) is 0 Å². The summed E-state index contributed by atoms with van der Waals surface area (Å²) < 4.78 is 0. The van der Waals surface area contributed by atoms with E-state index in [2.05, 4.69) is 0 Å². The van der Waals surface area contributed by atoms with E-state index >= 15 is 0 Å². The van der Waals surface area contributed by atoms with Crippen molar-refractivity contribution < 1.29 is 19.5 Å². The highest BCUT2D eigenvalue weighted by Gasteiger charge is 2.48. The normalized spacial score (nSPS) is 24.5. The number of carboxylic acid groups (broad SMARTS) is 1. The zero-order valence-corrected chi connectivity index (χ0v) is 12.2. The third-order valence-corrected chi connectivity index (χ3v) is 4.82. The number of anilines is 1. The van der Waals surface area contributed by atoms with Gasteiger partial charge in [-0.3, -0.25) is 14.4 Å². The zero-order valence-electron chi connectivity index (χ0n) is 11.4. The number of fused-ring (bicyclic) bond motifs is 1. The lowest BCUT2D eigenvalue weighted by Crippen LogP contribution is -2.40. The molecule has 7 heteroatoms. The molecule has 2 saturated heterocycles. The van der Waals surface area contributed by atoms with Crippen molar-refractivity contribution in [2.75, 3.05) is 11.4 Å². The fraction of sp³-hybridized carbons (Fsp3) is 0.500. The predicted molar refractivity (Wildman–Crippen MR) is 77.2 cm³/mol. The quantitative estimate of drug-likeness (QED) is 0.910. The number of amides is 2. The van der Waals surface area contributed by atoms with Crippen molar-refractivity contribution in [3.63, 3.8) is 0 Å². The largest absolute Gasteiger partial charge is 0.481 e. The number of nitrogens with zero attached hydrogens (tertiary/aromatic N) is 2. The Morgan fingerprint density at radius 2 is 2.14 bits per heavy atom. The minimum atomic E-state index is -0.971. The number of aliphatic carboxylic acids is 1. The topological polar surface area (TPSA) is 77.9 Å². The van der Waals surface area contributed by atoms with E-state index < -0.39 is 5.97 Å². The summed E-state index contributed by atoms with van der Waals surface area (Å²) in [6.45, 7) is 0.599. The number of hydrogen-bond donors (Lipinski definition) is 1. The third-order valence-electron chi connectivity index (χ3n) is 4.15. The van der Waals surface area contributed by atoms with Gasteiger partial charge in [-0.2, -0.15) is 11.3 Å². The van der Waals surface area contributed by atoms with Gasteiger partial charge in [0.1, 0.15) is 0 Å². The second kappa shape index (κ2) is 5.48. The fourth-order valence-electron chi connectivity index (χ4n) is 3.24. The lowest BCUT2D eigenvalue weighted by Gasteiger charge is -2.24. The maximum Gasteiger partial charge on any atom is 0.303 e. The Kier molecular flexibility index (Phi) is 3.67. The van der Waals surface area contributed by atoms with Crippen LogP contribution in [0.2, 0.25) is 0 Å². The Hall–Kier alpha value is -1.89. The van der Waals surface area contributed by atoms with Crippen LogP contribution < -0.4 is 4.90 Å². The van der Waals surface area contributed by atoms with E-state index in [-0.39, 0.29) is 36.7 Å². The predicted octanol–water partition coefficient (Wildman–Crippen LogP) is 1.32. The van der Waals surface area contributed by atoms with Crippen molar-refractivity contribution in [3.8, 4) is 0 Å². The summed E-state index contributed by atoms with van der Waals surface area (Å²) in [5, 5.41) is 12.5. The Bertz CT molecular complexity index is 572. The molecule has 2 fully saturated rings. The molecule has 2 atom stereocenters. The standard InChI is InChI=1S/C14H16N2O4S/c17-12(1-2-14(19)20)15-5-3-10-11(15)7-13(18)16(10)9-4-6-21-8-9/h4,6,8,10-11H,1-3,5,7H2,(H,19,20)/t10-,11+/m0/s1. The fourth-order valence-corrected chi connectivity index (χ4v) is 3.87. The number of rotatable bonds is 4. The van der Waals surface area contributed by atoms with Crippen LogP contribution in [0.1, 0.15) is 25.7 Å². The molecule has 0 aliphatic carbocycles. The number of carbonyl (C=O) groups is 3. The first kappa shape index (κ1) is 14.1. The first-order valence-corrected chi connectivity index (χ1v) is 7.87. The molecule has 3 rings (SSSR count). The summed E-state index contributed by atoms with van der Waals surface area (Å²) in [6, 6.07) is 1.83. The monoisotopic (exact) mass is 308 g/mol. The van der Waals surface area contributed by atoms with Gasteiger partial charge in [0.2, 0.25) is 11.8 Å². The lowest BCUT2D eigenvalue weighted by molar-refractivity contribution is -0.141. The summed E-state index contributed by atoms with van der Waals surface area (Å²) in [4.78, 5) is 38.4. The molecule has 2 amide bonds. The van der Waals surface area contributed by atoms with Crippen molar-refractivity contribution in [3.05, 3.63) is 16.8 Å². The lowest BCUT2D eigenvalue weighted by atomic mass is 10.1. The molecule has 2 aliphatic heterocycles. The summed E-state index contributed by atoms with van der Waals surface area (Å²) in [7, 11) is 0. The smallest absolute Gasteiger partial charge is 0.303 e. The van der Waals surface area contributed by atoms with Crippen molar-refractivity contribution in [1.29, 1.82) is 0 Å². The molecule has 6 nitrogen and oxygen atoms in total. The van der Waals surface area contributed by atoms with Gasteiger partial charge in [0.05, 0.1) is 24.2 Å². The molecule has 112 valence electrons. The summed E-state index contributed by atoms with van der Waals surface area (Å²) in [5.74, 6) is -1.09. The highest BCUT2D eigenvalue weighted by atomic mass is 32.1. The van der Waals surface area contributed by atoms with Gasteiger partial charge in [0.25, 0.3) is 0 Å². The van der Waals surface area contributed by atoms with Gasteiger partial charge in [-0.05, 0) is 17.9 Å². The minimum absolute atomic E-state index is 0.00515. The average Bonchev–Trinajstić information content (AvgIpc) is 3.11. The van der Waals surface area contributed by atoms with Crippen LogP contribution in [0.5, 0.6) is 0 Å². The van der Waals surface area contributed by atoms with E-state index in [4.69, 9.17) is 5.11 Å². The highest BCUT2D eigenvalue weighted by Crippen LogP contribution is 2.37.